The zero-order valence-electron chi connectivity index (χ0n) is 15.6. The van der Waals surface area contributed by atoms with Crippen molar-refractivity contribution in [3.63, 3.8) is 0 Å². The average Bonchev–Trinajstić information content (AvgIpc) is 2.75. The minimum absolute atomic E-state index is 0.186. The number of nitrogens with one attached hydrogen (secondary N) is 1. The van der Waals surface area contributed by atoms with Crippen LogP contribution in [0.15, 0.2) is 91.0 Å². The Morgan fingerprint density at radius 3 is 2.28 bits per heavy atom. The first-order valence-electron chi connectivity index (χ1n) is 9.27. The highest BCUT2D eigenvalue weighted by Crippen LogP contribution is 2.24. The molecular formula is C25H18ClNO2. The summed E-state index contributed by atoms with van der Waals surface area (Å²) in [4.78, 5) is 25.6. The van der Waals surface area contributed by atoms with Crippen molar-refractivity contribution < 1.29 is 9.59 Å². The number of ketones is 1. The van der Waals surface area contributed by atoms with Gasteiger partial charge in [0, 0.05) is 16.1 Å². The van der Waals surface area contributed by atoms with Gasteiger partial charge in [0.15, 0.2) is 5.78 Å². The molecule has 0 radical (unpaired) electrons. The first-order chi connectivity index (χ1) is 14.1. The van der Waals surface area contributed by atoms with Crippen LogP contribution in [0.5, 0.6) is 0 Å². The molecule has 0 aliphatic rings. The van der Waals surface area contributed by atoms with Gasteiger partial charge in [-0.25, -0.2) is 0 Å². The lowest BCUT2D eigenvalue weighted by Crippen LogP contribution is -2.17. The third kappa shape index (κ3) is 4.36. The van der Waals surface area contributed by atoms with Crippen LogP contribution in [-0.4, -0.2) is 11.7 Å². The summed E-state index contributed by atoms with van der Waals surface area (Å²) in [7, 11) is 0. The third-order valence-corrected chi connectivity index (χ3v) is 4.95. The third-order valence-electron chi connectivity index (χ3n) is 4.71. The van der Waals surface area contributed by atoms with Gasteiger partial charge in [0.25, 0.3) is 0 Å². The highest BCUT2D eigenvalue weighted by Gasteiger charge is 2.16. The fraction of sp³-hybridized carbons (Fsp3) is 0.0400. The minimum atomic E-state index is -0.190. The molecule has 3 nitrogen and oxygen atoms in total. The summed E-state index contributed by atoms with van der Waals surface area (Å²) in [6.45, 7) is 0. The van der Waals surface area contributed by atoms with Gasteiger partial charge >= 0.3 is 0 Å². The van der Waals surface area contributed by atoms with Gasteiger partial charge in [0.1, 0.15) is 0 Å². The molecule has 4 heteroatoms. The predicted octanol–water partition coefficient (Wildman–Crippen LogP) is 5.91. The van der Waals surface area contributed by atoms with Crippen LogP contribution >= 0.6 is 11.6 Å². The van der Waals surface area contributed by atoms with Crippen molar-refractivity contribution >= 4 is 39.8 Å². The van der Waals surface area contributed by atoms with E-state index in [1.54, 1.807) is 42.5 Å². The van der Waals surface area contributed by atoms with E-state index >= 15 is 0 Å². The number of carbonyl (C=O) groups excluding carboxylic acids is 2. The van der Waals surface area contributed by atoms with Crippen LogP contribution in [0.4, 0.5) is 5.69 Å². The summed E-state index contributed by atoms with van der Waals surface area (Å²) in [6, 6.07) is 27.8. The van der Waals surface area contributed by atoms with E-state index < -0.39 is 0 Å². The minimum Gasteiger partial charge on any atom is -0.325 e. The van der Waals surface area contributed by atoms with Crippen LogP contribution in [0.3, 0.4) is 0 Å². The summed E-state index contributed by atoms with van der Waals surface area (Å²) in [5.41, 5.74) is 2.27. The van der Waals surface area contributed by atoms with E-state index in [9.17, 15) is 9.59 Å². The molecule has 1 N–H and O–H groups in total. The lowest BCUT2D eigenvalue weighted by atomic mass is 10.0. The summed E-state index contributed by atoms with van der Waals surface area (Å²) in [5.74, 6) is -0.376. The predicted molar refractivity (Wildman–Crippen MR) is 118 cm³/mol. The highest BCUT2D eigenvalue weighted by atomic mass is 35.5. The lowest BCUT2D eigenvalue weighted by Gasteiger charge is -2.12. The molecule has 0 aromatic heterocycles. The molecule has 4 rings (SSSR count). The maximum Gasteiger partial charge on any atom is 0.228 e. The Hall–Kier alpha value is -3.43. The molecular weight excluding hydrogens is 382 g/mol. The van der Waals surface area contributed by atoms with Gasteiger partial charge in [0.2, 0.25) is 5.91 Å². The van der Waals surface area contributed by atoms with E-state index in [2.05, 4.69) is 5.32 Å². The molecule has 0 atom stereocenters. The second kappa shape index (κ2) is 8.29. The van der Waals surface area contributed by atoms with Crippen molar-refractivity contribution in [1.82, 2.24) is 0 Å². The SMILES string of the molecule is O=C(Cc1ccc2ccccc2c1)Nc1ccc(Cl)cc1C(=O)c1ccccc1. The average molecular weight is 400 g/mol. The van der Waals surface area contributed by atoms with E-state index in [0.717, 1.165) is 16.3 Å². The summed E-state index contributed by atoms with van der Waals surface area (Å²) < 4.78 is 0. The molecule has 0 fully saturated rings. The molecule has 0 aliphatic heterocycles. The Kier molecular flexibility index (Phi) is 5.41. The quantitative estimate of drug-likeness (QED) is 0.424. The molecule has 0 saturated carbocycles. The maximum atomic E-state index is 12.9. The molecule has 4 aromatic rings. The van der Waals surface area contributed by atoms with Crippen molar-refractivity contribution in [3.05, 3.63) is 113 Å². The Balaban J connectivity index is 1.57. The Labute approximate surface area is 173 Å². The van der Waals surface area contributed by atoms with Gasteiger partial charge in [0.05, 0.1) is 12.1 Å². The van der Waals surface area contributed by atoms with Crippen molar-refractivity contribution in [1.29, 1.82) is 0 Å². The molecule has 0 spiro atoms. The number of anilines is 1. The van der Waals surface area contributed by atoms with Crippen LogP contribution in [0.1, 0.15) is 21.5 Å². The topological polar surface area (TPSA) is 46.2 Å². The Morgan fingerprint density at radius 1 is 0.759 bits per heavy atom. The number of halogens is 1. The van der Waals surface area contributed by atoms with E-state index in [1.807, 2.05) is 48.5 Å². The second-order valence-corrected chi connectivity index (χ2v) is 7.23. The summed E-state index contributed by atoms with van der Waals surface area (Å²) in [5, 5.41) is 5.53. The number of hydrogen-bond donors (Lipinski definition) is 1. The number of rotatable bonds is 5. The lowest BCUT2D eigenvalue weighted by molar-refractivity contribution is -0.115. The van der Waals surface area contributed by atoms with Crippen LogP contribution in [0.25, 0.3) is 10.8 Å². The van der Waals surface area contributed by atoms with Crippen molar-refractivity contribution in [2.24, 2.45) is 0 Å². The van der Waals surface area contributed by atoms with Crippen molar-refractivity contribution in [3.8, 4) is 0 Å². The first-order valence-corrected chi connectivity index (χ1v) is 9.65. The van der Waals surface area contributed by atoms with Gasteiger partial charge in [-0.15, -0.1) is 0 Å². The number of benzene rings is 4. The molecule has 4 aromatic carbocycles. The zero-order valence-corrected chi connectivity index (χ0v) is 16.3. The number of amides is 1. The van der Waals surface area contributed by atoms with Gasteiger partial charge < -0.3 is 5.32 Å². The Morgan fingerprint density at radius 2 is 1.48 bits per heavy atom. The summed E-state index contributed by atoms with van der Waals surface area (Å²) >= 11 is 6.11. The molecule has 142 valence electrons. The van der Waals surface area contributed by atoms with Gasteiger partial charge in [-0.2, -0.15) is 0 Å². The highest BCUT2D eigenvalue weighted by molar-refractivity contribution is 6.31. The summed E-state index contributed by atoms with van der Waals surface area (Å²) in [6.07, 6.45) is 0.215. The second-order valence-electron chi connectivity index (χ2n) is 6.79. The molecule has 29 heavy (non-hydrogen) atoms. The van der Waals surface area contributed by atoms with Crippen LogP contribution in [-0.2, 0) is 11.2 Å². The molecule has 0 heterocycles. The standard InChI is InChI=1S/C25H18ClNO2/c26-21-12-13-23(22(16-21)25(29)19-7-2-1-3-8-19)27-24(28)15-17-10-11-18-6-4-5-9-20(18)14-17/h1-14,16H,15H2,(H,27,28). The maximum absolute atomic E-state index is 12.9. The van der Waals surface area contributed by atoms with E-state index in [1.165, 1.54) is 0 Å². The van der Waals surface area contributed by atoms with E-state index in [4.69, 9.17) is 11.6 Å². The number of carbonyl (C=O) groups is 2. The Bertz CT molecular complexity index is 1200. The largest absolute Gasteiger partial charge is 0.325 e. The molecule has 0 aliphatic carbocycles. The van der Waals surface area contributed by atoms with E-state index in [0.29, 0.717) is 21.8 Å². The monoisotopic (exact) mass is 399 g/mol. The zero-order chi connectivity index (χ0) is 20.2. The van der Waals surface area contributed by atoms with Gasteiger partial charge in [-0.1, -0.05) is 84.4 Å². The molecule has 0 saturated heterocycles. The van der Waals surface area contributed by atoms with Crippen LogP contribution < -0.4 is 5.32 Å². The normalized spacial score (nSPS) is 10.7. The van der Waals surface area contributed by atoms with E-state index in [-0.39, 0.29) is 18.1 Å². The first kappa shape index (κ1) is 18.9. The van der Waals surface area contributed by atoms with Crippen LogP contribution in [0, 0.1) is 0 Å². The molecule has 0 bridgehead atoms. The number of fused-ring (bicyclic) bond motifs is 1. The van der Waals surface area contributed by atoms with Gasteiger partial charge in [-0.05, 0) is 34.5 Å². The van der Waals surface area contributed by atoms with Gasteiger partial charge in [-0.3, -0.25) is 9.59 Å². The fourth-order valence-corrected chi connectivity index (χ4v) is 3.46. The van der Waals surface area contributed by atoms with Crippen molar-refractivity contribution in [2.75, 3.05) is 5.32 Å². The number of hydrogen-bond acceptors (Lipinski definition) is 2. The van der Waals surface area contributed by atoms with Crippen molar-refractivity contribution in [2.45, 2.75) is 6.42 Å². The smallest absolute Gasteiger partial charge is 0.228 e. The van der Waals surface area contributed by atoms with Crippen LogP contribution in [0.2, 0.25) is 5.02 Å². The molecule has 0 unspecified atom stereocenters. The molecule has 1 amide bonds. The fourth-order valence-electron chi connectivity index (χ4n) is 3.29.